The Bertz CT molecular complexity index is 2830. The molecule has 44 heteroatoms. The van der Waals surface area contributed by atoms with E-state index in [1.807, 2.05) is 0 Å². The first-order valence-electron chi connectivity index (χ1n) is 37.2. The van der Waals surface area contributed by atoms with E-state index in [9.17, 15) is 141 Å². The molecular weight excluding hydrogens is 1500 g/mol. The van der Waals surface area contributed by atoms with E-state index in [-0.39, 0.29) is 12.8 Å². The van der Waals surface area contributed by atoms with Gasteiger partial charge in [0.2, 0.25) is 24.1 Å². The number of rotatable bonds is 45. The van der Waals surface area contributed by atoms with Gasteiger partial charge in [0.25, 0.3) is 11.6 Å². The van der Waals surface area contributed by atoms with Gasteiger partial charge >= 0.3 is 11.9 Å². The molecule has 6 aliphatic heterocycles. The molecule has 35 atom stereocenters. The summed E-state index contributed by atoms with van der Waals surface area (Å²) in [6, 6.07) is -7.00. The second kappa shape index (κ2) is 44.8. The van der Waals surface area contributed by atoms with E-state index in [2.05, 4.69) is 28.2 Å². The standard InChI is InChI=1S/C67H116N4O40/c1-5-6-7-8-9-10-11-12-13-14-15-16-17-32(81)44(86)31(68-27-77)25-100-61-51(93)49(91)55(38(23-75)103-61)107-62-52(94)50(92)54(39(24-76)104-62)106-60-43(71-30(4)80)56(48(90)40(105-60)26-101-66(64(96)97)18-33(82)41(69-28(2)78)57(109-66)45(87)35(84)20-72)108-63-53(95)59(47(89)37(22-74)102-63)111-67(65(98)99)19-34(83)42(70-29(3)79)58(110-67)46(88)36(85)21-73/h27,31-63,72-76,81-95H,5-26H2,1-4H3,(H,68,77)(H,69,78)(H,70,79)(H,71,80)(H,96,97)(H,98,99)/t31-,32+,33-,34-,35+,36+,37+,38+,39+,40+,41+,42+,43+,44-,45+,46+,47-,48-,49+,50+,51+,52+,53+,54-,55+,56+,57+,58+,59-,60-,61+,62-,63-,66+,67-/m0/s1. The van der Waals surface area contributed by atoms with Gasteiger partial charge in [-0.1, -0.05) is 84.0 Å². The monoisotopic (exact) mass is 1620 g/mol. The molecule has 44 nitrogen and oxygen atoms in total. The van der Waals surface area contributed by atoms with Gasteiger partial charge < -0.3 is 190 Å². The number of hydrogen-bond acceptors (Lipinski definition) is 38. The number of unbranched alkanes of at least 4 members (excludes halogenated alkanes) is 11. The molecule has 6 rings (SSSR count). The number of carboxylic acids is 2. The number of carbonyl (C=O) groups is 6. The van der Waals surface area contributed by atoms with Crippen LogP contribution in [0.5, 0.6) is 0 Å². The summed E-state index contributed by atoms with van der Waals surface area (Å²) < 4.78 is 70.4. The lowest BCUT2D eigenvalue weighted by molar-refractivity contribution is -0.391. The third-order valence-corrected chi connectivity index (χ3v) is 20.4. The molecule has 0 spiro atoms. The summed E-state index contributed by atoms with van der Waals surface area (Å²) in [4.78, 5) is 76.4. The summed E-state index contributed by atoms with van der Waals surface area (Å²) in [5.41, 5.74) is 0. The van der Waals surface area contributed by atoms with E-state index in [4.69, 9.17) is 56.8 Å². The molecular formula is C67H116N4O40. The van der Waals surface area contributed by atoms with Crippen LogP contribution in [0.15, 0.2) is 0 Å². The van der Waals surface area contributed by atoms with Gasteiger partial charge in [0.1, 0.15) is 140 Å². The molecule has 6 heterocycles. The minimum absolute atomic E-state index is 0.148. The average Bonchev–Trinajstić information content (AvgIpc) is 0.729. The van der Waals surface area contributed by atoms with E-state index >= 15 is 0 Å². The molecule has 26 N–H and O–H groups in total. The molecule has 644 valence electrons. The number of amides is 4. The van der Waals surface area contributed by atoms with Crippen LogP contribution in [-0.4, -0.2) is 408 Å². The zero-order chi connectivity index (χ0) is 82.5. The van der Waals surface area contributed by atoms with Crippen molar-refractivity contribution < 1.29 is 198 Å². The maximum absolute atomic E-state index is 13.4. The number of aliphatic carboxylic acids is 2. The van der Waals surface area contributed by atoms with Crippen molar-refractivity contribution in [1.29, 1.82) is 0 Å². The second-order valence-electron chi connectivity index (χ2n) is 28.8. The second-order valence-corrected chi connectivity index (χ2v) is 28.8. The molecule has 0 aliphatic carbocycles. The van der Waals surface area contributed by atoms with Crippen molar-refractivity contribution in [2.24, 2.45) is 0 Å². The summed E-state index contributed by atoms with van der Waals surface area (Å²) >= 11 is 0. The Morgan fingerprint density at radius 2 is 0.874 bits per heavy atom. The molecule has 4 amide bonds. The molecule has 0 aromatic heterocycles. The van der Waals surface area contributed by atoms with Crippen molar-refractivity contribution in [2.75, 3.05) is 46.2 Å². The normalized spacial score (nSPS) is 38.7. The molecule has 0 unspecified atom stereocenters. The summed E-state index contributed by atoms with van der Waals surface area (Å²) in [5.74, 6) is -13.8. The van der Waals surface area contributed by atoms with Crippen LogP contribution in [0.1, 0.15) is 124 Å². The largest absolute Gasteiger partial charge is 0.477 e. The zero-order valence-electron chi connectivity index (χ0n) is 61.9. The quantitative estimate of drug-likeness (QED) is 0.0199. The van der Waals surface area contributed by atoms with E-state index in [1.165, 1.54) is 38.5 Å². The van der Waals surface area contributed by atoms with Gasteiger partial charge in [-0.25, -0.2) is 9.59 Å². The van der Waals surface area contributed by atoms with Crippen molar-refractivity contribution in [3.63, 3.8) is 0 Å². The SMILES string of the molecule is CCCCCCCCCCCCCC[C@@H](O)[C@@H](O)[C@H](CO[C@@H]1O[C@H](CO)[C@@H](O[C@@H]2O[C@H](CO)[C@H](O[C@@H]3O[C@H](CO[C@]4(C(=O)O)C[C@H](O)[C@@H](NC(C)=O)[C@H]([C@H](O)[C@H](O)CO)O4)[C@H](O)[C@H](O[C@@H]4O[C@H](CO)[C@H](O)[C@H](O[C@]5(C(=O)O)C[C@H](O)[C@@H](NC(C)=O)[C@H]([C@H](O)[C@H](O)CO)O5)[C@H]4O)[C@H]3NC(C)=O)[C@H](O)[C@H]2O)[C@H](O)[C@H]1O)NC=O. The van der Waals surface area contributed by atoms with E-state index in [0.717, 1.165) is 52.9 Å². The van der Waals surface area contributed by atoms with E-state index in [0.29, 0.717) is 6.42 Å². The lowest BCUT2D eigenvalue weighted by Gasteiger charge is -2.52. The van der Waals surface area contributed by atoms with Crippen LogP contribution in [0.25, 0.3) is 0 Å². The topological polar surface area (TPSA) is 706 Å². The lowest BCUT2D eigenvalue weighted by Crippen LogP contribution is -2.72. The van der Waals surface area contributed by atoms with Crippen LogP contribution in [0, 0.1) is 0 Å². The van der Waals surface area contributed by atoms with Crippen LogP contribution < -0.4 is 21.3 Å². The fourth-order valence-corrected chi connectivity index (χ4v) is 14.3. The van der Waals surface area contributed by atoms with Gasteiger partial charge in [-0.2, -0.15) is 0 Å². The highest BCUT2D eigenvalue weighted by Gasteiger charge is 2.63. The number of nitrogens with one attached hydrogen (secondary N) is 4. The molecule has 0 aromatic carbocycles. The van der Waals surface area contributed by atoms with Gasteiger partial charge in [0.05, 0.1) is 82.7 Å². The first-order valence-corrected chi connectivity index (χ1v) is 37.2. The maximum Gasteiger partial charge on any atom is 0.364 e. The first-order chi connectivity index (χ1) is 52.5. The molecule has 6 saturated heterocycles. The van der Waals surface area contributed by atoms with Gasteiger partial charge in [-0.15, -0.1) is 0 Å². The molecule has 111 heavy (non-hydrogen) atoms. The Morgan fingerprint density at radius 1 is 0.468 bits per heavy atom. The van der Waals surface area contributed by atoms with Gasteiger partial charge in [-0.05, 0) is 6.42 Å². The van der Waals surface area contributed by atoms with E-state index < -0.39 is 302 Å². The third-order valence-electron chi connectivity index (χ3n) is 20.4. The number of hydrogen-bond donors (Lipinski definition) is 26. The third kappa shape index (κ3) is 24.6. The fourth-order valence-electron chi connectivity index (χ4n) is 14.3. The number of carboxylic acid groups (broad SMARTS) is 2. The van der Waals surface area contributed by atoms with Gasteiger partial charge in [0.15, 0.2) is 25.2 Å². The summed E-state index contributed by atoms with van der Waals surface area (Å²) in [6.07, 6.45) is -52.6. The van der Waals surface area contributed by atoms with Crippen molar-refractivity contribution in [3.05, 3.63) is 0 Å². The number of ether oxygens (including phenoxy) is 12. The highest BCUT2D eigenvalue weighted by Crippen LogP contribution is 2.41. The van der Waals surface area contributed by atoms with Crippen molar-refractivity contribution >= 4 is 36.1 Å². The highest BCUT2D eigenvalue weighted by molar-refractivity contribution is 5.77. The molecule has 0 saturated carbocycles. The van der Waals surface area contributed by atoms with Gasteiger partial charge in [-0.3, -0.25) is 19.2 Å². The van der Waals surface area contributed by atoms with Crippen LogP contribution in [0.3, 0.4) is 0 Å². The predicted octanol–water partition coefficient (Wildman–Crippen LogP) is -11.3. The summed E-state index contributed by atoms with van der Waals surface area (Å²) in [7, 11) is 0. The maximum atomic E-state index is 13.4. The predicted molar refractivity (Wildman–Crippen MR) is 363 cm³/mol. The van der Waals surface area contributed by atoms with Crippen molar-refractivity contribution in [1.82, 2.24) is 21.3 Å². The highest BCUT2D eigenvalue weighted by atomic mass is 16.8. The van der Waals surface area contributed by atoms with E-state index in [1.54, 1.807) is 0 Å². The van der Waals surface area contributed by atoms with Crippen LogP contribution in [0.2, 0.25) is 0 Å². The summed E-state index contributed by atoms with van der Waals surface area (Å²) in [5, 5.41) is 253. The minimum Gasteiger partial charge on any atom is -0.477 e. The molecule has 6 fully saturated rings. The molecule has 0 radical (unpaired) electrons. The number of carbonyl (C=O) groups excluding carboxylic acids is 4. The van der Waals surface area contributed by atoms with Crippen molar-refractivity contribution in [3.8, 4) is 0 Å². The summed E-state index contributed by atoms with van der Waals surface area (Å²) in [6.45, 7) is -3.09. The van der Waals surface area contributed by atoms with Crippen molar-refractivity contribution in [2.45, 2.75) is 338 Å². The van der Waals surface area contributed by atoms with Crippen LogP contribution in [-0.2, 0) is 85.6 Å². The molecule has 0 bridgehead atoms. The first kappa shape index (κ1) is 95.4. The number of aliphatic hydroxyl groups excluding tert-OH is 20. The van der Waals surface area contributed by atoms with Gasteiger partial charge in [0, 0.05) is 33.6 Å². The Balaban J connectivity index is 1.28. The van der Waals surface area contributed by atoms with Crippen LogP contribution in [0.4, 0.5) is 0 Å². The lowest BCUT2D eigenvalue weighted by atomic mass is 9.88. The fraction of sp³-hybridized carbons (Fsp3) is 0.910. The smallest absolute Gasteiger partial charge is 0.364 e. The Morgan fingerprint density at radius 3 is 1.34 bits per heavy atom. The Hall–Kier alpha value is -4.46. The molecule has 0 aromatic rings. The number of aliphatic hydroxyl groups is 20. The Kier molecular flexibility index (Phi) is 38.5. The average molecular weight is 1620 g/mol. The zero-order valence-corrected chi connectivity index (χ0v) is 61.9. The minimum atomic E-state index is -3.36. The Labute approximate surface area is 637 Å². The molecule has 6 aliphatic rings. The van der Waals surface area contributed by atoms with Crippen LogP contribution >= 0.6 is 0 Å².